The first-order chi connectivity index (χ1) is 9.65. The summed E-state index contributed by atoms with van der Waals surface area (Å²) in [6.07, 6.45) is 7.20. The third-order valence-corrected chi connectivity index (χ3v) is 4.69. The van der Waals surface area contributed by atoms with E-state index < -0.39 is 0 Å². The van der Waals surface area contributed by atoms with Crippen molar-refractivity contribution in [3.63, 3.8) is 0 Å². The number of aromatic nitrogens is 1. The van der Waals surface area contributed by atoms with Gasteiger partial charge in [-0.25, -0.2) is 0 Å². The lowest BCUT2D eigenvalue weighted by molar-refractivity contribution is 0.0564. The van der Waals surface area contributed by atoms with Gasteiger partial charge in [-0.2, -0.15) is 0 Å². The van der Waals surface area contributed by atoms with Crippen LogP contribution in [0.15, 0.2) is 12.3 Å². The van der Waals surface area contributed by atoms with Crippen LogP contribution in [0, 0.1) is 0 Å². The molecule has 1 aromatic rings. The van der Waals surface area contributed by atoms with Gasteiger partial charge in [-0.15, -0.1) is 0 Å². The van der Waals surface area contributed by atoms with Crippen LogP contribution in [0.2, 0.25) is 0 Å². The van der Waals surface area contributed by atoms with E-state index >= 15 is 0 Å². The average molecular weight is 276 g/mol. The van der Waals surface area contributed by atoms with E-state index in [0.717, 1.165) is 32.2 Å². The standard InChI is InChI=1S/C15H24N4O/c1-17-11-12(16)10-14(17)15(20)19-8-6-18(7-9-19)13-4-2-3-5-13/h10-11,13H,2-9,16H2,1H3. The zero-order valence-electron chi connectivity index (χ0n) is 12.2. The number of anilines is 1. The second-order valence-corrected chi connectivity index (χ2v) is 6.04. The number of carbonyl (C=O) groups excluding carboxylic acids is 1. The van der Waals surface area contributed by atoms with E-state index in [2.05, 4.69) is 4.90 Å². The molecule has 5 heteroatoms. The van der Waals surface area contributed by atoms with Gasteiger partial charge in [-0.05, 0) is 18.9 Å². The van der Waals surface area contributed by atoms with Gasteiger partial charge in [0.2, 0.25) is 0 Å². The minimum absolute atomic E-state index is 0.107. The minimum Gasteiger partial charge on any atom is -0.397 e. The molecule has 0 radical (unpaired) electrons. The first kappa shape index (κ1) is 13.5. The summed E-state index contributed by atoms with van der Waals surface area (Å²) in [5.74, 6) is 0.107. The van der Waals surface area contributed by atoms with Crippen LogP contribution >= 0.6 is 0 Å². The Morgan fingerprint density at radius 2 is 1.85 bits per heavy atom. The first-order valence-corrected chi connectivity index (χ1v) is 7.60. The highest BCUT2D eigenvalue weighted by molar-refractivity contribution is 5.93. The summed E-state index contributed by atoms with van der Waals surface area (Å²) in [7, 11) is 1.87. The number of carbonyl (C=O) groups is 1. The third-order valence-electron chi connectivity index (χ3n) is 4.69. The molecule has 2 aliphatic rings. The van der Waals surface area contributed by atoms with Crippen LogP contribution in [0.1, 0.15) is 36.2 Å². The highest BCUT2D eigenvalue weighted by Crippen LogP contribution is 2.24. The molecule has 1 aliphatic carbocycles. The molecule has 2 N–H and O–H groups in total. The van der Waals surface area contributed by atoms with Gasteiger partial charge in [-0.3, -0.25) is 9.69 Å². The van der Waals surface area contributed by atoms with Crippen molar-refractivity contribution in [3.8, 4) is 0 Å². The molecule has 1 amide bonds. The van der Waals surface area contributed by atoms with E-state index in [0.29, 0.717) is 11.4 Å². The van der Waals surface area contributed by atoms with Crippen LogP contribution in [0.5, 0.6) is 0 Å². The number of amides is 1. The maximum atomic E-state index is 12.5. The average Bonchev–Trinajstić information content (AvgIpc) is 3.08. The lowest BCUT2D eigenvalue weighted by atomic mass is 10.1. The molecule has 1 aliphatic heterocycles. The van der Waals surface area contributed by atoms with Crippen LogP contribution in [-0.4, -0.2) is 52.5 Å². The number of hydrogen-bond donors (Lipinski definition) is 1. The largest absolute Gasteiger partial charge is 0.397 e. The van der Waals surface area contributed by atoms with Gasteiger partial charge in [-0.1, -0.05) is 12.8 Å². The van der Waals surface area contributed by atoms with Crippen molar-refractivity contribution in [2.75, 3.05) is 31.9 Å². The van der Waals surface area contributed by atoms with Gasteiger partial charge in [0.25, 0.3) is 5.91 Å². The Hall–Kier alpha value is -1.49. The number of nitrogen functional groups attached to an aromatic ring is 1. The van der Waals surface area contributed by atoms with E-state index in [9.17, 15) is 4.79 Å². The van der Waals surface area contributed by atoms with Crippen molar-refractivity contribution in [3.05, 3.63) is 18.0 Å². The zero-order valence-corrected chi connectivity index (χ0v) is 12.2. The Morgan fingerprint density at radius 3 is 2.40 bits per heavy atom. The van der Waals surface area contributed by atoms with Crippen molar-refractivity contribution in [1.82, 2.24) is 14.4 Å². The molecular weight excluding hydrogens is 252 g/mol. The molecule has 5 nitrogen and oxygen atoms in total. The van der Waals surface area contributed by atoms with Gasteiger partial charge in [0.15, 0.2) is 0 Å². The van der Waals surface area contributed by atoms with Crippen LogP contribution in [0.3, 0.4) is 0 Å². The Kier molecular flexibility index (Phi) is 3.70. The highest BCUT2D eigenvalue weighted by Gasteiger charge is 2.28. The van der Waals surface area contributed by atoms with Crippen LogP contribution in [0.4, 0.5) is 5.69 Å². The van der Waals surface area contributed by atoms with E-state index in [1.54, 1.807) is 12.3 Å². The van der Waals surface area contributed by atoms with Crippen LogP contribution in [0.25, 0.3) is 0 Å². The van der Waals surface area contributed by atoms with Crippen molar-refractivity contribution in [2.24, 2.45) is 7.05 Å². The quantitative estimate of drug-likeness (QED) is 0.886. The number of piperazine rings is 1. The Morgan fingerprint density at radius 1 is 1.20 bits per heavy atom. The van der Waals surface area contributed by atoms with Gasteiger partial charge in [0.1, 0.15) is 5.69 Å². The summed E-state index contributed by atoms with van der Waals surface area (Å²) >= 11 is 0. The molecule has 2 fully saturated rings. The Balaban J connectivity index is 1.60. The molecule has 110 valence electrons. The van der Waals surface area contributed by atoms with Crippen LogP contribution in [-0.2, 0) is 7.05 Å². The molecule has 0 bridgehead atoms. The topological polar surface area (TPSA) is 54.5 Å². The fourth-order valence-electron chi connectivity index (χ4n) is 3.52. The van der Waals surface area contributed by atoms with E-state index in [4.69, 9.17) is 5.73 Å². The van der Waals surface area contributed by atoms with Gasteiger partial charge >= 0.3 is 0 Å². The first-order valence-electron chi connectivity index (χ1n) is 7.60. The highest BCUT2D eigenvalue weighted by atomic mass is 16.2. The molecule has 2 heterocycles. The summed E-state index contributed by atoms with van der Waals surface area (Å²) in [5.41, 5.74) is 7.10. The summed E-state index contributed by atoms with van der Waals surface area (Å²) in [5, 5.41) is 0. The number of aryl methyl sites for hydroxylation is 1. The minimum atomic E-state index is 0.107. The normalized spacial score (nSPS) is 21.6. The number of rotatable bonds is 2. The molecule has 0 atom stereocenters. The van der Waals surface area contributed by atoms with Crippen LogP contribution < -0.4 is 5.73 Å². The fourth-order valence-corrected chi connectivity index (χ4v) is 3.52. The summed E-state index contributed by atoms with van der Waals surface area (Å²) in [4.78, 5) is 17.0. The van der Waals surface area contributed by atoms with E-state index in [1.807, 2.05) is 16.5 Å². The van der Waals surface area contributed by atoms with Crippen molar-refractivity contribution in [1.29, 1.82) is 0 Å². The number of hydrogen-bond acceptors (Lipinski definition) is 3. The smallest absolute Gasteiger partial charge is 0.270 e. The molecule has 0 unspecified atom stereocenters. The molecule has 0 spiro atoms. The lowest BCUT2D eigenvalue weighted by Gasteiger charge is -2.38. The molecular formula is C15H24N4O. The predicted molar refractivity (Wildman–Crippen MR) is 79.6 cm³/mol. The monoisotopic (exact) mass is 276 g/mol. The third kappa shape index (κ3) is 2.54. The predicted octanol–water partition coefficient (Wildman–Crippen LogP) is 1.31. The maximum absolute atomic E-state index is 12.5. The zero-order chi connectivity index (χ0) is 14.1. The van der Waals surface area contributed by atoms with Crippen molar-refractivity contribution in [2.45, 2.75) is 31.7 Å². The Bertz CT molecular complexity index is 482. The fraction of sp³-hybridized carbons (Fsp3) is 0.667. The molecule has 1 aromatic heterocycles. The van der Waals surface area contributed by atoms with E-state index in [-0.39, 0.29) is 5.91 Å². The number of nitrogens with two attached hydrogens (primary N) is 1. The Labute approximate surface area is 120 Å². The van der Waals surface area contributed by atoms with Gasteiger partial charge in [0.05, 0.1) is 5.69 Å². The second kappa shape index (κ2) is 5.48. The van der Waals surface area contributed by atoms with Crippen molar-refractivity contribution < 1.29 is 4.79 Å². The molecule has 20 heavy (non-hydrogen) atoms. The molecule has 0 aromatic carbocycles. The summed E-state index contributed by atoms with van der Waals surface area (Å²) in [6.45, 7) is 3.69. The lowest BCUT2D eigenvalue weighted by Crippen LogP contribution is -2.51. The van der Waals surface area contributed by atoms with Crippen molar-refractivity contribution >= 4 is 11.6 Å². The molecule has 1 saturated heterocycles. The molecule has 1 saturated carbocycles. The SMILES string of the molecule is Cn1cc(N)cc1C(=O)N1CCN(C2CCCC2)CC1. The maximum Gasteiger partial charge on any atom is 0.270 e. The van der Waals surface area contributed by atoms with E-state index in [1.165, 1.54) is 25.7 Å². The molecule has 3 rings (SSSR count). The van der Waals surface area contributed by atoms with Gasteiger partial charge in [0, 0.05) is 45.5 Å². The summed E-state index contributed by atoms with van der Waals surface area (Å²) < 4.78 is 1.82. The summed E-state index contributed by atoms with van der Waals surface area (Å²) in [6, 6.07) is 2.53. The number of nitrogens with zero attached hydrogens (tertiary/aromatic N) is 3. The van der Waals surface area contributed by atoms with Gasteiger partial charge < -0.3 is 15.2 Å². The second-order valence-electron chi connectivity index (χ2n) is 6.04.